The van der Waals surface area contributed by atoms with Crippen LogP contribution < -0.4 is 0 Å². The highest BCUT2D eigenvalue weighted by Gasteiger charge is 2.43. The van der Waals surface area contributed by atoms with Gasteiger partial charge in [0.25, 0.3) is 0 Å². The van der Waals surface area contributed by atoms with Crippen molar-refractivity contribution in [3.63, 3.8) is 0 Å². The van der Waals surface area contributed by atoms with Crippen molar-refractivity contribution in [1.29, 1.82) is 0 Å². The quantitative estimate of drug-likeness (QED) is 0.898. The van der Waals surface area contributed by atoms with E-state index in [0.717, 1.165) is 12.8 Å². The molecule has 0 bridgehead atoms. The minimum absolute atomic E-state index is 0.120. The lowest BCUT2D eigenvalue weighted by Crippen LogP contribution is -2.13. The number of pyridine rings is 1. The second kappa shape index (κ2) is 3.76. The Bertz CT molecular complexity index is 619. The maximum absolute atomic E-state index is 12.9. The van der Waals surface area contributed by atoms with Crippen molar-refractivity contribution in [3.05, 3.63) is 24.2 Å². The molecule has 18 heavy (non-hydrogen) atoms. The molecular formula is C12H12FN3O2. The Labute approximate surface area is 102 Å². The Morgan fingerprint density at radius 1 is 1.50 bits per heavy atom. The predicted molar refractivity (Wildman–Crippen MR) is 62.1 cm³/mol. The molecular weight excluding hydrogens is 237 g/mol. The summed E-state index contributed by atoms with van der Waals surface area (Å²) < 4.78 is 14.7. The highest BCUT2D eigenvalue weighted by molar-refractivity contribution is 5.90. The summed E-state index contributed by atoms with van der Waals surface area (Å²) in [6, 6.07) is 1.53. The monoisotopic (exact) mass is 249 g/mol. The van der Waals surface area contributed by atoms with Crippen LogP contribution >= 0.6 is 0 Å². The molecule has 0 aliphatic heterocycles. The van der Waals surface area contributed by atoms with Crippen LogP contribution in [-0.2, 0) is 6.54 Å². The van der Waals surface area contributed by atoms with Crippen LogP contribution in [0.1, 0.15) is 23.2 Å². The molecule has 2 aromatic rings. The van der Waals surface area contributed by atoms with Gasteiger partial charge in [-0.15, -0.1) is 0 Å². The largest absolute Gasteiger partial charge is 0.478 e. The van der Waals surface area contributed by atoms with E-state index in [1.807, 2.05) is 0 Å². The third-order valence-corrected chi connectivity index (χ3v) is 3.47. The first-order valence-electron chi connectivity index (χ1n) is 5.74. The van der Waals surface area contributed by atoms with Crippen molar-refractivity contribution in [2.24, 2.45) is 5.41 Å². The molecule has 3 rings (SSSR count). The number of nitrogens with zero attached hydrogens (tertiary/aromatic N) is 3. The summed E-state index contributed by atoms with van der Waals surface area (Å²) >= 11 is 0. The third-order valence-electron chi connectivity index (χ3n) is 3.47. The predicted octanol–water partition coefficient (Wildman–Crippen LogP) is 1.88. The van der Waals surface area contributed by atoms with Crippen LogP contribution in [0.3, 0.4) is 0 Å². The van der Waals surface area contributed by atoms with Gasteiger partial charge in [0.1, 0.15) is 0 Å². The summed E-state index contributed by atoms with van der Waals surface area (Å²) in [6.45, 7) is 0.184. The fourth-order valence-corrected chi connectivity index (χ4v) is 2.06. The van der Waals surface area contributed by atoms with Gasteiger partial charge in [-0.2, -0.15) is 0 Å². The molecule has 5 nitrogen and oxygen atoms in total. The van der Waals surface area contributed by atoms with Gasteiger partial charge < -0.3 is 9.67 Å². The lowest BCUT2D eigenvalue weighted by atomic mass is 10.1. The van der Waals surface area contributed by atoms with Crippen molar-refractivity contribution in [2.75, 3.05) is 6.67 Å². The number of aromatic nitrogens is 3. The van der Waals surface area contributed by atoms with Crippen LogP contribution in [0, 0.1) is 5.41 Å². The number of halogens is 1. The van der Waals surface area contributed by atoms with Crippen LogP contribution in [0.15, 0.2) is 18.6 Å². The van der Waals surface area contributed by atoms with Gasteiger partial charge in [0.05, 0.1) is 24.1 Å². The second-order valence-corrected chi connectivity index (χ2v) is 4.88. The molecule has 2 heterocycles. The van der Waals surface area contributed by atoms with Crippen molar-refractivity contribution in [3.8, 4) is 0 Å². The molecule has 94 valence electrons. The first-order valence-corrected chi connectivity index (χ1v) is 5.74. The van der Waals surface area contributed by atoms with Crippen LogP contribution in [0.25, 0.3) is 11.2 Å². The molecule has 0 unspecified atom stereocenters. The average molecular weight is 249 g/mol. The molecule has 1 saturated carbocycles. The van der Waals surface area contributed by atoms with Gasteiger partial charge in [0.15, 0.2) is 5.65 Å². The summed E-state index contributed by atoms with van der Waals surface area (Å²) in [6.07, 6.45) is 4.62. The maximum atomic E-state index is 12.9. The van der Waals surface area contributed by atoms with Crippen LogP contribution in [0.2, 0.25) is 0 Å². The Morgan fingerprint density at radius 3 is 2.89 bits per heavy atom. The summed E-state index contributed by atoms with van der Waals surface area (Å²) in [7, 11) is 0. The number of aromatic carboxylic acids is 1. The Hall–Kier alpha value is -1.98. The number of carbonyl (C=O) groups is 1. The van der Waals surface area contributed by atoms with Crippen LogP contribution in [0.5, 0.6) is 0 Å². The van der Waals surface area contributed by atoms with E-state index in [4.69, 9.17) is 5.11 Å². The zero-order valence-corrected chi connectivity index (χ0v) is 9.64. The van der Waals surface area contributed by atoms with Gasteiger partial charge in [-0.25, -0.2) is 14.8 Å². The molecule has 0 amide bonds. The average Bonchev–Trinajstić information content (AvgIpc) is 3.04. The third kappa shape index (κ3) is 1.73. The first-order chi connectivity index (χ1) is 8.63. The molecule has 1 fully saturated rings. The Morgan fingerprint density at radius 2 is 2.28 bits per heavy atom. The highest BCUT2D eigenvalue weighted by Crippen LogP contribution is 2.47. The van der Waals surface area contributed by atoms with E-state index in [1.165, 1.54) is 12.3 Å². The van der Waals surface area contributed by atoms with Gasteiger partial charge in [0.2, 0.25) is 0 Å². The van der Waals surface area contributed by atoms with Crippen LogP contribution in [0.4, 0.5) is 4.39 Å². The van der Waals surface area contributed by atoms with E-state index >= 15 is 0 Å². The van der Waals surface area contributed by atoms with Gasteiger partial charge in [-0.1, -0.05) is 0 Å². The van der Waals surface area contributed by atoms with E-state index in [1.54, 1.807) is 10.9 Å². The molecule has 0 spiro atoms. The Kier molecular flexibility index (Phi) is 2.33. The normalized spacial score (nSPS) is 16.9. The molecule has 1 N–H and O–H groups in total. The van der Waals surface area contributed by atoms with E-state index in [2.05, 4.69) is 9.97 Å². The number of fused-ring (bicyclic) bond motifs is 1. The number of carboxylic acid groups (broad SMARTS) is 1. The number of alkyl halides is 1. The van der Waals surface area contributed by atoms with Gasteiger partial charge in [-0.05, 0) is 18.9 Å². The van der Waals surface area contributed by atoms with E-state index in [9.17, 15) is 9.18 Å². The molecule has 2 aromatic heterocycles. The minimum Gasteiger partial charge on any atom is -0.478 e. The minimum atomic E-state index is -1.02. The number of rotatable bonds is 4. The van der Waals surface area contributed by atoms with E-state index in [0.29, 0.717) is 17.7 Å². The van der Waals surface area contributed by atoms with Gasteiger partial charge in [0, 0.05) is 18.2 Å². The molecule has 1 aliphatic rings. The Balaban J connectivity index is 2.01. The number of hydrogen-bond donors (Lipinski definition) is 1. The topological polar surface area (TPSA) is 68.0 Å². The van der Waals surface area contributed by atoms with Crippen molar-refractivity contribution < 1.29 is 14.3 Å². The summed E-state index contributed by atoms with van der Waals surface area (Å²) in [5.74, 6) is -1.02. The summed E-state index contributed by atoms with van der Waals surface area (Å²) in [4.78, 5) is 19.0. The summed E-state index contributed by atoms with van der Waals surface area (Å²) in [5, 5.41) is 8.93. The molecule has 6 heteroatoms. The standard InChI is InChI=1S/C12H12FN3O2/c13-5-12(1-2-12)6-16-7-15-10-9(16)3-8(4-14-10)11(17)18/h3-4,7H,1-2,5-6H2,(H,17,18). The van der Waals surface area contributed by atoms with Gasteiger partial charge in [-0.3, -0.25) is 4.39 Å². The number of hydrogen-bond acceptors (Lipinski definition) is 3. The second-order valence-electron chi connectivity index (χ2n) is 4.88. The van der Waals surface area contributed by atoms with Crippen molar-refractivity contribution >= 4 is 17.1 Å². The molecule has 0 radical (unpaired) electrons. The van der Waals surface area contributed by atoms with Gasteiger partial charge >= 0.3 is 5.97 Å². The molecule has 0 aromatic carbocycles. The SMILES string of the molecule is O=C(O)c1cnc2ncn(CC3(CF)CC3)c2c1. The van der Waals surface area contributed by atoms with Crippen LogP contribution in [-0.4, -0.2) is 32.3 Å². The first kappa shape index (κ1) is 11.1. The highest BCUT2D eigenvalue weighted by atomic mass is 19.1. The van der Waals surface area contributed by atoms with Crippen molar-refractivity contribution in [1.82, 2.24) is 14.5 Å². The fraction of sp³-hybridized carbons (Fsp3) is 0.417. The number of imidazole rings is 1. The van der Waals surface area contributed by atoms with E-state index in [-0.39, 0.29) is 17.7 Å². The molecule has 1 aliphatic carbocycles. The zero-order valence-electron chi connectivity index (χ0n) is 9.64. The van der Waals surface area contributed by atoms with E-state index < -0.39 is 5.97 Å². The lowest BCUT2D eigenvalue weighted by molar-refractivity contribution is 0.0696. The smallest absolute Gasteiger partial charge is 0.337 e. The molecule has 0 saturated heterocycles. The number of carboxylic acids is 1. The summed E-state index contributed by atoms with van der Waals surface area (Å²) in [5.41, 5.74) is 0.992. The zero-order chi connectivity index (χ0) is 12.8. The maximum Gasteiger partial charge on any atom is 0.337 e. The fourth-order valence-electron chi connectivity index (χ4n) is 2.06. The van der Waals surface area contributed by atoms with Crippen molar-refractivity contribution in [2.45, 2.75) is 19.4 Å². The molecule has 0 atom stereocenters. The lowest BCUT2D eigenvalue weighted by Gasteiger charge is -2.11.